The molecule has 0 saturated carbocycles. The van der Waals surface area contributed by atoms with Crippen molar-refractivity contribution in [3.8, 4) is 0 Å². The van der Waals surface area contributed by atoms with Gasteiger partial charge in [0, 0.05) is 12.6 Å². The number of carbonyl (C=O) groups excluding carboxylic acids is 1. The number of nitrogens with zero attached hydrogens (tertiary/aromatic N) is 1. The van der Waals surface area contributed by atoms with Crippen LogP contribution in [0, 0.1) is 20.8 Å². The molecule has 5 nitrogen and oxygen atoms in total. The van der Waals surface area contributed by atoms with Crippen LogP contribution in [0.5, 0.6) is 0 Å². The molecule has 2 aromatic rings. The molecule has 2 rings (SSSR count). The van der Waals surface area contributed by atoms with Crippen molar-refractivity contribution in [1.29, 1.82) is 0 Å². The number of rotatable bonds is 6. The van der Waals surface area contributed by atoms with Crippen molar-refractivity contribution < 1.29 is 13.2 Å². The van der Waals surface area contributed by atoms with Crippen LogP contribution in [-0.2, 0) is 10.0 Å². The van der Waals surface area contributed by atoms with Gasteiger partial charge in [0.15, 0.2) is 0 Å². The second-order valence-electron chi connectivity index (χ2n) is 7.03. The van der Waals surface area contributed by atoms with Gasteiger partial charge >= 0.3 is 0 Å². The van der Waals surface area contributed by atoms with Gasteiger partial charge in [-0.15, -0.1) is 0 Å². The lowest BCUT2D eigenvalue weighted by molar-refractivity contribution is 0.0935. The number of hydrogen-bond donors (Lipinski definition) is 1. The molecule has 0 radical (unpaired) electrons. The molecule has 1 amide bonds. The Hall–Kier alpha value is -2.34. The van der Waals surface area contributed by atoms with Crippen LogP contribution in [0.1, 0.15) is 52.0 Å². The fourth-order valence-corrected chi connectivity index (χ4v) is 3.68. The van der Waals surface area contributed by atoms with Crippen molar-refractivity contribution in [2.45, 2.75) is 40.2 Å². The van der Waals surface area contributed by atoms with Gasteiger partial charge in [-0.05, 0) is 56.0 Å². The van der Waals surface area contributed by atoms with E-state index in [1.54, 1.807) is 18.2 Å². The second-order valence-corrected chi connectivity index (χ2v) is 9.04. The van der Waals surface area contributed by atoms with Crippen LogP contribution < -0.4 is 9.62 Å². The number of aryl methyl sites for hydroxylation is 3. The SMILES string of the molecule is CC[C@H](NC(=O)c1ccc(C)c(N(C)S(C)(=O)=O)c1)c1ccc(C)cc1C. The van der Waals surface area contributed by atoms with E-state index >= 15 is 0 Å². The van der Waals surface area contributed by atoms with E-state index in [0.29, 0.717) is 11.3 Å². The molecule has 27 heavy (non-hydrogen) atoms. The van der Waals surface area contributed by atoms with Gasteiger partial charge in [-0.1, -0.05) is 36.8 Å². The summed E-state index contributed by atoms with van der Waals surface area (Å²) in [5.41, 5.74) is 5.16. The molecule has 0 saturated heterocycles. The summed E-state index contributed by atoms with van der Waals surface area (Å²) in [6.45, 7) is 7.94. The van der Waals surface area contributed by atoms with Gasteiger partial charge in [-0.3, -0.25) is 9.10 Å². The van der Waals surface area contributed by atoms with Gasteiger partial charge in [0.05, 0.1) is 18.0 Å². The van der Waals surface area contributed by atoms with Gasteiger partial charge in [-0.25, -0.2) is 8.42 Å². The number of amides is 1. The first-order valence-electron chi connectivity index (χ1n) is 8.97. The summed E-state index contributed by atoms with van der Waals surface area (Å²) >= 11 is 0. The van der Waals surface area contributed by atoms with E-state index in [-0.39, 0.29) is 11.9 Å². The molecule has 0 aliphatic rings. The van der Waals surface area contributed by atoms with E-state index < -0.39 is 10.0 Å². The van der Waals surface area contributed by atoms with Crippen molar-refractivity contribution in [3.63, 3.8) is 0 Å². The van der Waals surface area contributed by atoms with Gasteiger partial charge in [0.25, 0.3) is 5.91 Å². The maximum absolute atomic E-state index is 12.8. The first-order valence-corrected chi connectivity index (χ1v) is 10.8. The molecule has 0 unspecified atom stereocenters. The number of carbonyl (C=O) groups is 1. The zero-order valence-electron chi connectivity index (χ0n) is 16.8. The molecule has 0 aliphatic carbocycles. The molecule has 0 heterocycles. The summed E-state index contributed by atoms with van der Waals surface area (Å²) in [4.78, 5) is 12.8. The molecule has 146 valence electrons. The topological polar surface area (TPSA) is 66.5 Å². The lowest BCUT2D eigenvalue weighted by atomic mass is 9.97. The van der Waals surface area contributed by atoms with Crippen molar-refractivity contribution in [3.05, 3.63) is 64.2 Å². The van der Waals surface area contributed by atoms with E-state index in [2.05, 4.69) is 17.4 Å². The third-order valence-corrected chi connectivity index (χ3v) is 6.01. The van der Waals surface area contributed by atoms with Gasteiger partial charge < -0.3 is 5.32 Å². The Balaban J connectivity index is 2.32. The average Bonchev–Trinajstić information content (AvgIpc) is 2.59. The van der Waals surface area contributed by atoms with E-state index in [0.717, 1.165) is 29.4 Å². The molecular weight excluding hydrogens is 360 g/mol. The number of nitrogens with one attached hydrogen (secondary N) is 1. The normalized spacial score (nSPS) is 12.5. The Morgan fingerprint density at radius 3 is 2.30 bits per heavy atom. The molecule has 0 aliphatic heterocycles. The highest BCUT2D eigenvalue weighted by atomic mass is 32.2. The molecule has 2 aromatic carbocycles. The van der Waals surface area contributed by atoms with Crippen LogP contribution in [0.3, 0.4) is 0 Å². The van der Waals surface area contributed by atoms with E-state index in [4.69, 9.17) is 0 Å². The molecule has 0 bridgehead atoms. The quantitative estimate of drug-likeness (QED) is 0.816. The second kappa shape index (κ2) is 8.13. The highest BCUT2D eigenvalue weighted by Crippen LogP contribution is 2.25. The van der Waals surface area contributed by atoms with Crippen molar-refractivity contribution in [2.24, 2.45) is 0 Å². The van der Waals surface area contributed by atoms with Crippen molar-refractivity contribution in [1.82, 2.24) is 5.32 Å². The fraction of sp³-hybridized carbons (Fsp3) is 0.381. The Morgan fingerprint density at radius 1 is 1.07 bits per heavy atom. The van der Waals surface area contributed by atoms with E-state index in [1.165, 1.54) is 16.9 Å². The first-order chi connectivity index (χ1) is 12.5. The monoisotopic (exact) mass is 388 g/mol. The molecule has 6 heteroatoms. The summed E-state index contributed by atoms with van der Waals surface area (Å²) in [6.07, 6.45) is 1.91. The maximum atomic E-state index is 12.8. The van der Waals surface area contributed by atoms with E-state index in [9.17, 15) is 13.2 Å². The zero-order valence-corrected chi connectivity index (χ0v) is 17.6. The lowest BCUT2D eigenvalue weighted by Gasteiger charge is -2.22. The van der Waals surface area contributed by atoms with E-state index in [1.807, 2.05) is 33.8 Å². The minimum absolute atomic E-state index is 0.101. The van der Waals surface area contributed by atoms with Crippen LogP contribution >= 0.6 is 0 Å². The summed E-state index contributed by atoms with van der Waals surface area (Å²) in [5.74, 6) is -0.218. The molecule has 0 spiro atoms. The summed E-state index contributed by atoms with van der Waals surface area (Å²) in [5, 5.41) is 3.08. The standard InChI is InChI=1S/C21H28N2O3S/c1-7-19(18-11-8-14(2)12-16(18)4)22-21(24)17-10-9-15(3)20(13-17)23(5)27(6,25)26/h8-13,19H,7H2,1-6H3,(H,22,24)/t19-/m0/s1. The maximum Gasteiger partial charge on any atom is 0.251 e. The third-order valence-electron chi connectivity index (χ3n) is 4.82. The average molecular weight is 389 g/mol. The van der Waals surface area contributed by atoms with Crippen LogP contribution in [-0.4, -0.2) is 27.6 Å². The molecule has 0 aromatic heterocycles. The van der Waals surface area contributed by atoms with Crippen molar-refractivity contribution >= 4 is 21.6 Å². The Bertz CT molecular complexity index is 952. The summed E-state index contributed by atoms with van der Waals surface area (Å²) in [6, 6.07) is 11.2. The fourth-order valence-electron chi connectivity index (χ4n) is 3.13. The van der Waals surface area contributed by atoms with Gasteiger partial charge in [0.2, 0.25) is 10.0 Å². The van der Waals surface area contributed by atoms with Crippen LogP contribution in [0.25, 0.3) is 0 Å². The number of hydrogen-bond acceptors (Lipinski definition) is 3. The molecule has 1 N–H and O–H groups in total. The predicted octanol–water partition coefficient (Wildman–Crippen LogP) is 3.89. The third kappa shape index (κ3) is 4.89. The summed E-state index contributed by atoms with van der Waals surface area (Å²) in [7, 11) is -1.91. The predicted molar refractivity (Wildman–Crippen MR) is 111 cm³/mol. The van der Waals surface area contributed by atoms with Crippen LogP contribution in [0.2, 0.25) is 0 Å². The van der Waals surface area contributed by atoms with Crippen molar-refractivity contribution in [2.75, 3.05) is 17.6 Å². The minimum Gasteiger partial charge on any atom is -0.345 e. The molecule has 0 fully saturated rings. The van der Waals surface area contributed by atoms with Crippen LogP contribution in [0.15, 0.2) is 36.4 Å². The first kappa shape index (κ1) is 21.0. The number of anilines is 1. The summed E-state index contributed by atoms with van der Waals surface area (Å²) < 4.78 is 24.9. The molecule has 1 atom stereocenters. The van der Waals surface area contributed by atoms with Gasteiger partial charge in [0.1, 0.15) is 0 Å². The highest BCUT2D eigenvalue weighted by molar-refractivity contribution is 7.92. The Kier molecular flexibility index (Phi) is 6.31. The van der Waals surface area contributed by atoms with Crippen LogP contribution in [0.4, 0.5) is 5.69 Å². The highest BCUT2D eigenvalue weighted by Gasteiger charge is 2.19. The smallest absolute Gasteiger partial charge is 0.251 e. The zero-order chi connectivity index (χ0) is 20.4. The van der Waals surface area contributed by atoms with Gasteiger partial charge in [-0.2, -0.15) is 0 Å². The number of benzene rings is 2. The lowest BCUT2D eigenvalue weighted by Crippen LogP contribution is -2.29. The molecular formula is C21H28N2O3S. The number of sulfonamides is 1. The Morgan fingerprint density at radius 2 is 1.74 bits per heavy atom. The largest absolute Gasteiger partial charge is 0.345 e. The Labute approximate surface area is 162 Å². The minimum atomic E-state index is -3.40.